The molecule has 1 aromatic rings. The zero-order valence-electron chi connectivity index (χ0n) is 14.6. The van der Waals surface area contributed by atoms with E-state index in [1.807, 2.05) is 47.7 Å². The van der Waals surface area contributed by atoms with Crippen molar-refractivity contribution < 1.29 is 9.90 Å². The molecule has 1 N–H and O–H groups in total. The first-order chi connectivity index (χ1) is 11.5. The Morgan fingerprint density at radius 3 is 2.58 bits per heavy atom. The van der Waals surface area contributed by atoms with Crippen LogP contribution in [0, 0.1) is 0 Å². The topological polar surface area (TPSA) is 61.1 Å². The number of nitrogens with zero attached hydrogens (tertiary/aromatic N) is 4. The number of likely N-dealkylation sites (tertiary alicyclic amines) is 1. The molecular formula is C18H28N4O2. The van der Waals surface area contributed by atoms with E-state index in [9.17, 15) is 9.90 Å². The van der Waals surface area contributed by atoms with E-state index in [0.717, 1.165) is 12.8 Å². The van der Waals surface area contributed by atoms with Crippen molar-refractivity contribution in [1.29, 1.82) is 0 Å². The molecule has 3 heterocycles. The number of hydrogen-bond donors (Lipinski definition) is 1. The van der Waals surface area contributed by atoms with Crippen LogP contribution in [0.25, 0.3) is 0 Å². The standard InChI is InChI=1S/C18H28N4O2/c1-15(21-9-3-4-10-21)13-17(23)22-11-6-18(24,7-12-22)14-16-5-8-19-20(16)2/h3-4,8-10,15-16,24H,5-7,11-14H2,1-2H3. The normalized spacial score (nSPS) is 24.4. The molecule has 2 aliphatic rings. The van der Waals surface area contributed by atoms with Gasteiger partial charge in [-0.25, -0.2) is 0 Å². The van der Waals surface area contributed by atoms with Gasteiger partial charge in [-0.15, -0.1) is 0 Å². The third-order valence-corrected chi connectivity index (χ3v) is 5.44. The van der Waals surface area contributed by atoms with Crippen LogP contribution < -0.4 is 0 Å². The maximum Gasteiger partial charge on any atom is 0.224 e. The lowest BCUT2D eigenvalue weighted by molar-refractivity contribution is -0.136. The molecule has 1 fully saturated rings. The lowest BCUT2D eigenvalue weighted by atomic mass is 9.84. The molecule has 0 spiro atoms. The van der Waals surface area contributed by atoms with E-state index in [1.54, 1.807) is 0 Å². The van der Waals surface area contributed by atoms with Crippen LogP contribution in [-0.2, 0) is 4.79 Å². The number of hydrogen-bond acceptors (Lipinski definition) is 4. The molecule has 6 nitrogen and oxygen atoms in total. The minimum atomic E-state index is -0.671. The van der Waals surface area contributed by atoms with Crippen LogP contribution in [0.5, 0.6) is 0 Å². The lowest BCUT2D eigenvalue weighted by Gasteiger charge is -2.40. The molecular weight excluding hydrogens is 304 g/mol. The Morgan fingerprint density at radius 1 is 1.33 bits per heavy atom. The van der Waals surface area contributed by atoms with Gasteiger partial charge in [0.25, 0.3) is 0 Å². The Balaban J connectivity index is 1.48. The molecule has 132 valence electrons. The van der Waals surface area contributed by atoms with Crippen LogP contribution in [0.2, 0.25) is 0 Å². The number of aromatic nitrogens is 1. The highest BCUT2D eigenvalue weighted by atomic mass is 16.3. The third-order valence-electron chi connectivity index (χ3n) is 5.44. The van der Waals surface area contributed by atoms with Crippen molar-refractivity contribution in [2.24, 2.45) is 5.10 Å². The van der Waals surface area contributed by atoms with Gasteiger partial charge in [0.15, 0.2) is 0 Å². The van der Waals surface area contributed by atoms with Gasteiger partial charge in [0, 0.05) is 57.6 Å². The number of hydrazone groups is 1. The van der Waals surface area contributed by atoms with Crippen molar-refractivity contribution in [2.75, 3.05) is 20.1 Å². The quantitative estimate of drug-likeness (QED) is 0.895. The van der Waals surface area contributed by atoms with Gasteiger partial charge in [0.2, 0.25) is 5.91 Å². The molecule has 0 bridgehead atoms. The maximum atomic E-state index is 12.5. The Labute approximate surface area is 143 Å². The molecule has 0 aromatic carbocycles. The number of rotatable bonds is 5. The highest BCUT2D eigenvalue weighted by molar-refractivity contribution is 5.76. The lowest BCUT2D eigenvalue weighted by Crippen LogP contribution is -2.49. The fourth-order valence-corrected chi connectivity index (χ4v) is 3.70. The van der Waals surface area contributed by atoms with Crippen LogP contribution in [0.1, 0.15) is 45.1 Å². The van der Waals surface area contributed by atoms with Crippen LogP contribution in [0.4, 0.5) is 0 Å². The van der Waals surface area contributed by atoms with E-state index in [4.69, 9.17) is 0 Å². The van der Waals surface area contributed by atoms with E-state index >= 15 is 0 Å². The van der Waals surface area contributed by atoms with Crippen molar-refractivity contribution >= 4 is 12.1 Å². The van der Waals surface area contributed by atoms with Gasteiger partial charge in [0.1, 0.15) is 0 Å². The summed E-state index contributed by atoms with van der Waals surface area (Å²) in [5, 5.41) is 17.0. The Bertz CT molecular complexity index is 576. The highest BCUT2D eigenvalue weighted by Crippen LogP contribution is 2.30. The highest BCUT2D eigenvalue weighted by Gasteiger charge is 2.37. The molecule has 2 atom stereocenters. The molecule has 6 heteroatoms. The predicted molar refractivity (Wildman–Crippen MR) is 93.8 cm³/mol. The molecule has 1 aromatic heterocycles. The number of aliphatic hydroxyl groups is 1. The van der Waals surface area contributed by atoms with E-state index in [-0.39, 0.29) is 18.0 Å². The van der Waals surface area contributed by atoms with E-state index in [0.29, 0.717) is 32.4 Å². The van der Waals surface area contributed by atoms with Crippen molar-refractivity contribution in [1.82, 2.24) is 14.5 Å². The van der Waals surface area contributed by atoms with Crippen LogP contribution in [0.15, 0.2) is 29.6 Å². The summed E-state index contributed by atoms with van der Waals surface area (Å²) in [5.41, 5.74) is -0.671. The second kappa shape index (κ2) is 6.97. The SMILES string of the molecule is CC(CC(=O)N1CCC(O)(CC2CC=NN2C)CC1)n1cccc1. The fourth-order valence-electron chi connectivity index (χ4n) is 3.70. The van der Waals surface area contributed by atoms with E-state index < -0.39 is 5.60 Å². The smallest absolute Gasteiger partial charge is 0.224 e. The Kier molecular flexibility index (Phi) is 4.94. The van der Waals surface area contributed by atoms with Crippen LogP contribution >= 0.6 is 0 Å². The average molecular weight is 332 g/mol. The number of amides is 1. The van der Waals surface area contributed by atoms with Gasteiger partial charge in [-0.2, -0.15) is 5.10 Å². The molecule has 24 heavy (non-hydrogen) atoms. The summed E-state index contributed by atoms with van der Waals surface area (Å²) in [7, 11) is 1.96. The number of carbonyl (C=O) groups is 1. The van der Waals surface area contributed by atoms with E-state index in [2.05, 4.69) is 16.6 Å². The summed E-state index contributed by atoms with van der Waals surface area (Å²) >= 11 is 0. The molecule has 0 saturated carbocycles. The van der Waals surface area contributed by atoms with E-state index in [1.165, 1.54) is 0 Å². The van der Waals surface area contributed by atoms with Gasteiger partial charge >= 0.3 is 0 Å². The first kappa shape index (κ1) is 17.0. The summed E-state index contributed by atoms with van der Waals surface area (Å²) in [6, 6.07) is 4.40. The minimum absolute atomic E-state index is 0.164. The Morgan fingerprint density at radius 2 is 2.00 bits per heavy atom. The first-order valence-electron chi connectivity index (χ1n) is 8.85. The van der Waals surface area contributed by atoms with Gasteiger partial charge in [-0.1, -0.05) is 0 Å². The van der Waals surface area contributed by atoms with Gasteiger partial charge in [-0.05, 0) is 38.3 Å². The summed E-state index contributed by atoms with van der Waals surface area (Å²) < 4.78 is 2.06. The molecule has 0 aliphatic carbocycles. The van der Waals surface area contributed by atoms with Crippen molar-refractivity contribution in [2.45, 2.75) is 56.7 Å². The van der Waals surface area contributed by atoms with Crippen LogP contribution in [-0.4, -0.2) is 63.5 Å². The average Bonchev–Trinajstić information content (AvgIpc) is 3.20. The molecule has 0 radical (unpaired) electrons. The molecule has 1 saturated heterocycles. The molecule has 2 unspecified atom stereocenters. The van der Waals surface area contributed by atoms with Crippen molar-refractivity contribution in [3.8, 4) is 0 Å². The van der Waals surface area contributed by atoms with Crippen molar-refractivity contribution in [3.63, 3.8) is 0 Å². The number of carbonyl (C=O) groups excluding carboxylic acids is 1. The molecule has 1 amide bonds. The molecule has 3 rings (SSSR count). The summed E-state index contributed by atoms with van der Waals surface area (Å²) in [6.07, 6.45) is 9.34. The van der Waals surface area contributed by atoms with Gasteiger partial charge in [-0.3, -0.25) is 9.80 Å². The predicted octanol–water partition coefficient (Wildman–Crippen LogP) is 1.87. The summed E-state index contributed by atoms with van der Waals surface area (Å²) in [4.78, 5) is 14.4. The summed E-state index contributed by atoms with van der Waals surface area (Å²) in [6.45, 7) is 3.35. The monoisotopic (exact) mass is 332 g/mol. The van der Waals surface area contributed by atoms with Gasteiger partial charge in [0.05, 0.1) is 11.6 Å². The Hall–Kier alpha value is -1.82. The molecule has 2 aliphatic heterocycles. The maximum absolute atomic E-state index is 12.5. The first-order valence-corrected chi connectivity index (χ1v) is 8.85. The minimum Gasteiger partial charge on any atom is -0.390 e. The largest absolute Gasteiger partial charge is 0.390 e. The second-order valence-corrected chi connectivity index (χ2v) is 7.25. The zero-order chi connectivity index (χ0) is 17.2. The van der Waals surface area contributed by atoms with Crippen LogP contribution in [0.3, 0.4) is 0 Å². The van der Waals surface area contributed by atoms with Gasteiger partial charge < -0.3 is 14.6 Å². The third kappa shape index (κ3) is 3.80. The zero-order valence-corrected chi connectivity index (χ0v) is 14.6. The van der Waals surface area contributed by atoms with Crippen molar-refractivity contribution in [3.05, 3.63) is 24.5 Å². The second-order valence-electron chi connectivity index (χ2n) is 7.25. The fraction of sp³-hybridized carbons (Fsp3) is 0.667. The summed E-state index contributed by atoms with van der Waals surface area (Å²) in [5.74, 6) is 0.180. The number of piperidine rings is 1.